The average molecular weight is 326 g/mol. The predicted molar refractivity (Wildman–Crippen MR) is 81.1 cm³/mol. The van der Waals surface area contributed by atoms with Crippen molar-refractivity contribution in [2.24, 2.45) is 5.92 Å². The standard InChI is InChI=1S/C14H13ClFN3OS/c1-2-19(13(20)8-3-4-8)14-11(15)18-12(21-14)9-5-10(16)7-17-6-9/h5-8H,2-4H2,1H3. The van der Waals surface area contributed by atoms with Crippen LogP contribution in [0.3, 0.4) is 0 Å². The molecule has 2 heterocycles. The van der Waals surface area contributed by atoms with Gasteiger partial charge in [-0.3, -0.25) is 9.78 Å². The van der Waals surface area contributed by atoms with Crippen molar-refractivity contribution in [3.8, 4) is 10.6 Å². The minimum absolute atomic E-state index is 0.0898. The minimum Gasteiger partial charge on any atom is -0.301 e. The Morgan fingerprint density at radius 3 is 2.90 bits per heavy atom. The van der Waals surface area contributed by atoms with Gasteiger partial charge in [0, 0.05) is 24.2 Å². The van der Waals surface area contributed by atoms with Gasteiger partial charge in [-0.2, -0.15) is 0 Å². The zero-order valence-electron chi connectivity index (χ0n) is 11.3. The summed E-state index contributed by atoms with van der Waals surface area (Å²) >= 11 is 7.45. The number of carbonyl (C=O) groups is 1. The van der Waals surface area contributed by atoms with Gasteiger partial charge in [-0.05, 0) is 25.8 Å². The third kappa shape index (κ3) is 2.91. The number of rotatable bonds is 4. The molecule has 2 aromatic rings. The number of amides is 1. The third-order valence-electron chi connectivity index (χ3n) is 3.28. The van der Waals surface area contributed by atoms with E-state index in [0.29, 0.717) is 22.1 Å². The average Bonchev–Trinajstić information content (AvgIpc) is 3.24. The van der Waals surface area contributed by atoms with E-state index in [-0.39, 0.29) is 17.0 Å². The maximum absolute atomic E-state index is 13.2. The number of pyridine rings is 1. The molecule has 1 fully saturated rings. The van der Waals surface area contributed by atoms with E-state index in [0.717, 1.165) is 19.0 Å². The van der Waals surface area contributed by atoms with Gasteiger partial charge in [0.25, 0.3) is 0 Å². The highest BCUT2D eigenvalue weighted by atomic mass is 35.5. The van der Waals surface area contributed by atoms with E-state index in [4.69, 9.17) is 11.6 Å². The van der Waals surface area contributed by atoms with Crippen molar-refractivity contribution >= 4 is 33.8 Å². The quantitative estimate of drug-likeness (QED) is 0.859. The summed E-state index contributed by atoms with van der Waals surface area (Å²) in [5.41, 5.74) is 0.558. The number of thiazole rings is 1. The molecule has 0 radical (unpaired) electrons. The van der Waals surface area contributed by atoms with Crippen LogP contribution >= 0.6 is 22.9 Å². The molecular weight excluding hydrogens is 313 g/mol. The van der Waals surface area contributed by atoms with E-state index in [1.54, 1.807) is 4.90 Å². The van der Waals surface area contributed by atoms with Gasteiger partial charge in [0.2, 0.25) is 5.91 Å². The lowest BCUT2D eigenvalue weighted by atomic mass is 10.3. The van der Waals surface area contributed by atoms with Crippen molar-refractivity contribution in [2.75, 3.05) is 11.4 Å². The summed E-state index contributed by atoms with van der Waals surface area (Å²) < 4.78 is 13.2. The first-order valence-electron chi connectivity index (χ1n) is 6.68. The fraction of sp³-hybridized carbons (Fsp3) is 0.357. The highest BCUT2D eigenvalue weighted by Crippen LogP contribution is 2.40. The molecule has 7 heteroatoms. The van der Waals surface area contributed by atoms with Crippen molar-refractivity contribution in [3.05, 3.63) is 29.4 Å². The number of nitrogens with zero attached hydrogens (tertiary/aromatic N) is 3. The Morgan fingerprint density at radius 2 is 2.29 bits per heavy atom. The van der Waals surface area contributed by atoms with Crippen LogP contribution in [0.25, 0.3) is 10.6 Å². The van der Waals surface area contributed by atoms with Crippen molar-refractivity contribution in [1.29, 1.82) is 0 Å². The van der Waals surface area contributed by atoms with Crippen molar-refractivity contribution in [3.63, 3.8) is 0 Å². The monoisotopic (exact) mass is 325 g/mol. The summed E-state index contributed by atoms with van der Waals surface area (Å²) in [6, 6.07) is 1.35. The van der Waals surface area contributed by atoms with Crippen LogP contribution in [0.5, 0.6) is 0 Å². The first-order chi connectivity index (χ1) is 10.1. The second-order valence-electron chi connectivity index (χ2n) is 4.86. The summed E-state index contributed by atoms with van der Waals surface area (Å²) in [4.78, 5) is 22.0. The molecule has 0 saturated heterocycles. The van der Waals surface area contributed by atoms with Crippen molar-refractivity contribution in [1.82, 2.24) is 9.97 Å². The number of anilines is 1. The number of aromatic nitrogens is 2. The van der Waals surface area contributed by atoms with Crippen LogP contribution in [0.2, 0.25) is 5.15 Å². The first kappa shape index (κ1) is 14.4. The molecule has 1 saturated carbocycles. The van der Waals surface area contributed by atoms with Gasteiger partial charge in [-0.1, -0.05) is 22.9 Å². The van der Waals surface area contributed by atoms with Gasteiger partial charge in [0.1, 0.15) is 15.8 Å². The lowest BCUT2D eigenvalue weighted by Crippen LogP contribution is -2.31. The summed E-state index contributed by atoms with van der Waals surface area (Å²) in [5, 5.41) is 1.45. The van der Waals surface area contributed by atoms with Gasteiger partial charge in [-0.25, -0.2) is 9.37 Å². The largest absolute Gasteiger partial charge is 0.301 e. The van der Waals surface area contributed by atoms with Crippen LogP contribution in [-0.4, -0.2) is 22.4 Å². The number of hydrogen-bond donors (Lipinski definition) is 0. The van der Waals surface area contributed by atoms with Gasteiger partial charge < -0.3 is 4.90 Å². The molecule has 21 heavy (non-hydrogen) atoms. The van der Waals surface area contributed by atoms with Crippen molar-refractivity contribution < 1.29 is 9.18 Å². The topological polar surface area (TPSA) is 46.1 Å². The summed E-state index contributed by atoms with van der Waals surface area (Å²) in [6.07, 6.45) is 4.54. The Labute approximate surface area is 130 Å². The smallest absolute Gasteiger partial charge is 0.230 e. The molecule has 0 bridgehead atoms. The third-order valence-corrected chi connectivity index (χ3v) is 4.78. The maximum atomic E-state index is 13.2. The van der Waals surface area contributed by atoms with E-state index in [9.17, 15) is 9.18 Å². The first-order valence-corrected chi connectivity index (χ1v) is 7.88. The fourth-order valence-electron chi connectivity index (χ4n) is 2.06. The van der Waals surface area contributed by atoms with E-state index in [1.165, 1.54) is 23.6 Å². The Bertz CT molecular complexity index is 687. The minimum atomic E-state index is -0.429. The van der Waals surface area contributed by atoms with Crippen LogP contribution in [0.15, 0.2) is 18.5 Å². The Morgan fingerprint density at radius 1 is 1.52 bits per heavy atom. The molecule has 0 unspecified atom stereocenters. The molecule has 1 aliphatic rings. The number of halogens is 2. The second kappa shape index (κ2) is 5.69. The molecule has 4 nitrogen and oxygen atoms in total. The number of carbonyl (C=O) groups excluding carboxylic acids is 1. The lowest BCUT2D eigenvalue weighted by Gasteiger charge is -2.18. The molecule has 110 valence electrons. The zero-order valence-corrected chi connectivity index (χ0v) is 12.9. The second-order valence-corrected chi connectivity index (χ2v) is 6.20. The highest BCUT2D eigenvalue weighted by molar-refractivity contribution is 7.19. The van der Waals surface area contributed by atoms with Crippen molar-refractivity contribution in [2.45, 2.75) is 19.8 Å². The lowest BCUT2D eigenvalue weighted by molar-refractivity contribution is -0.119. The molecule has 0 atom stereocenters. The summed E-state index contributed by atoms with van der Waals surface area (Å²) in [6.45, 7) is 2.44. The summed E-state index contributed by atoms with van der Waals surface area (Å²) in [5.74, 6) is -0.226. The Hall–Kier alpha value is -1.53. The maximum Gasteiger partial charge on any atom is 0.230 e. The Kier molecular flexibility index (Phi) is 3.91. The normalized spacial score (nSPS) is 14.2. The molecule has 1 amide bonds. The molecule has 2 aromatic heterocycles. The highest BCUT2D eigenvalue weighted by Gasteiger charge is 2.35. The van der Waals surface area contributed by atoms with E-state index >= 15 is 0 Å². The molecule has 0 N–H and O–H groups in total. The number of hydrogen-bond acceptors (Lipinski definition) is 4. The van der Waals surface area contributed by atoms with E-state index in [1.807, 2.05) is 6.92 Å². The van der Waals surface area contributed by atoms with Crippen LogP contribution < -0.4 is 4.90 Å². The van der Waals surface area contributed by atoms with Gasteiger partial charge >= 0.3 is 0 Å². The molecule has 0 spiro atoms. The van der Waals surface area contributed by atoms with Gasteiger partial charge in [0.15, 0.2) is 5.15 Å². The fourth-order valence-corrected chi connectivity index (χ4v) is 3.42. The van der Waals surface area contributed by atoms with Crippen LogP contribution in [-0.2, 0) is 4.79 Å². The van der Waals surface area contributed by atoms with E-state index < -0.39 is 5.82 Å². The SMILES string of the molecule is CCN(C(=O)C1CC1)c1sc(-c2cncc(F)c2)nc1Cl. The van der Waals surface area contributed by atoms with Crippen LogP contribution in [0.4, 0.5) is 9.39 Å². The molecule has 3 rings (SSSR count). The predicted octanol–water partition coefficient (Wildman–Crippen LogP) is 3.76. The van der Waals surface area contributed by atoms with Crippen LogP contribution in [0.1, 0.15) is 19.8 Å². The van der Waals surface area contributed by atoms with Crippen LogP contribution in [0, 0.1) is 11.7 Å². The van der Waals surface area contributed by atoms with Gasteiger partial charge in [0.05, 0.1) is 6.20 Å². The molecule has 0 aromatic carbocycles. The summed E-state index contributed by atoms with van der Waals surface area (Å²) in [7, 11) is 0. The molecule has 1 aliphatic carbocycles. The van der Waals surface area contributed by atoms with Gasteiger partial charge in [-0.15, -0.1) is 0 Å². The van der Waals surface area contributed by atoms with E-state index in [2.05, 4.69) is 9.97 Å². The molecule has 0 aliphatic heterocycles. The zero-order chi connectivity index (χ0) is 15.0. The Balaban J connectivity index is 1.95. The molecular formula is C14H13ClFN3OS.